The normalized spacial score (nSPS) is 12.8. The van der Waals surface area contributed by atoms with Gasteiger partial charge in [-0.3, -0.25) is 0 Å². The highest BCUT2D eigenvalue weighted by Crippen LogP contribution is 2.19. The molecule has 2 rings (SSSR count). The Morgan fingerprint density at radius 3 is 3.00 bits per heavy atom. The maximum Gasteiger partial charge on any atom is 0.132 e. The predicted octanol–water partition coefficient (Wildman–Crippen LogP) is 1.84. The summed E-state index contributed by atoms with van der Waals surface area (Å²) in [6.07, 6.45) is 6.76. The number of imidazole rings is 1. The third-order valence-electron chi connectivity index (χ3n) is 2.55. The number of aryl methyl sites for hydroxylation is 1. The highest BCUT2D eigenvalue weighted by Gasteiger charge is 2.20. The third kappa shape index (κ3) is 2.70. The topological polar surface area (TPSA) is 55.6 Å². The zero-order valence-corrected chi connectivity index (χ0v) is 10.9. The summed E-state index contributed by atoms with van der Waals surface area (Å²) < 4.78 is 10.5. The summed E-state index contributed by atoms with van der Waals surface area (Å²) >= 11 is 1.23. The van der Waals surface area contributed by atoms with Gasteiger partial charge in [-0.05, 0) is 13.0 Å². The first-order valence-corrected chi connectivity index (χ1v) is 6.61. The lowest BCUT2D eigenvalue weighted by Gasteiger charge is -2.16. The van der Waals surface area contributed by atoms with E-state index in [0.29, 0.717) is 0 Å². The van der Waals surface area contributed by atoms with Gasteiger partial charge in [0.15, 0.2) is 0 Å². The second-order valence-corrected chi connectivity index (χ2v) is 4.36. The van der Waals surface area contributed by atoms with Crippen molar-refractivity contribution in [2.24, 2.45) is 0 Å². The monoisotopic (exact) mass is 251 g/mol. The Bertz CT molecular complexity index is 436. The van der Waals surface area contributed by atoms with Gasteiger partial charge < -0.3 is 9.88 Å². The fraction of sp³-hybridized carbons (Fsp3) is 0.545. The summed E-state index contributed by atoms with van der Waals surface area (Å²) in [6, 6.07) is 0.0419. The van der Waals surface area contributed by atoms with Crippen LogP contribution in [0.2, 0.25) is 0 Å². The first kappa shape index (κ1) is 12.2. The van der Waals surface area contributed by atoms with Crippen molar-refractivity contribution in [1.82, 2.24) is 23.6 Å². The van der Waals surface area contributed by atoms with Gasteiger partial charge in [0.1, 0.15) is 11.9 Å². The highest BCUT2D eigenvalue weighted by molar-refractivity contribution is 6.99. The van der Waals surface area contributed by atoms with Crippen LogP contribution in [-0.4, -0.2) is 24.8 Å². The Morgan fingerprint density at radius 1 is 1.47 bits per heavy atom. The van der Waals surface area contributed by atoms with Gasteiger partial charge in [-0.2, -0.15) is 8.75 Å². The fourth-order valence-electron chi connectivity index (χ4n) is 1.84. The standard InChI is InChI=1S/C11H17N5S/c1-3-6-16-7-5-13-11(16)10(12-4-2)9-8-14-17-15-9/h5,7-8,10,12H,3-4,6H2,1-2H3. The number of nitrogens with one attached hydrogen (secondary N) is 1. The first-order valence-electron chi connectivity index (χ1n) is 5.88. The molecule has 0 aliphatic heterocycles. The molecule has 2 aromatic heterocycles. The Balaban J connectivity index is 2.29. The van der Waals surface area contributed by atoms with Crippen LogP contribution in [0.15, 0.2) is 18.6 Å². The van der Waals surface area contributed by atoms with Crippen molar-refractivity contribution in [2.75, 3.05) is 6.54 Å². The first-order chi connectivity index (χ1) is 8.36. The lowest BCUT2D eigenvalue weighted by atomic mass is 10.2. The van der Waals surface area contributed by atoms with Crippen LogP contribution in [-0.2, 0) is 6.54 Å². The number of hydrogen-bond donors (Lipinski definition) is 1. The molecule has 0 saturated carbocycles. The van der Waals surface area contributed by atoms with E-state index >= 15 is 0 Å². The second kappa shape index (κ2) is 5.88. The minimum absolute atomic E-state index is 0.0419. The van der Waals surface area contributed by atoms with Crippen molar-refractivity contribution in [2.45, 2.75) is 32.9 Å². The molecule has 6 heteroatoms. The highest BCUT2D eigenvalue weighted by atomic mass is 32.1. The Labute approximate surface area is 105 Å². The third-order valence-corrected chi connectivity index (χ3v) is 3.04. The maximum absolute atomic E-state index is 4.45. The number of rotatable bonds is 6. The molecule has 2 aromatic rings. The fourth-order valence-corrected chi connectivity index (χ4v) is 2.29. The van der Waals surface area contributed by atoms with Crippen LogP contribution >= 0.6 is 11.7 Å². The van der Waals surface area contributed by atoms with Crippen LogP contribution in [0.1, 0.15) is 37.8 Å². The molecule has 1 N–H and O–H groups in total. The average Bonchev–Trinajstić information content (AvgIpc) is 2.97. The molecule has 0 fully saturated rings. The summed E-state index contributed by atoms with van der Waals surface area (Å²) in [5.74, 6) is 1.02. The zero-order valence-electron chi connectivity index (χ0n) is 10.1. The molecule has 0 bridgehead atoms. The Morgan fingerprint density at radius 2 is 2.35 bits per heavy atom. The quantitative estimate of drug-likeness (QED) is 0.851. The van der Waals surface area contributed by atoms with Crippen LogP contribution in [0, 0.1) is 0 Å². The molecule has 5 nitrogen and oxygen atoms in total. The smallest absolute Gasteiger partial charge is 0.132 e. The molecule has 17 heavy (non-hydrogen) atoms. The molecule has 92 valence electrons. The molecule has 0 aliphatic carbocycles. The summed E-state index contributed by atoms with van der Waals surface area (Å²) in [5.41, 5.74) is 0.945. The molecule has 0 aromatic carbocycles. The minimum atomic E-state index is 0.0419. The van der Waals surface area contributed by atoms with Gasteiger partial charge in [0.05, 0.1) is 23.6 Å². The molecule has 0 amide bonds. The van der Waals surface area contributed by atoms with E-state index in [2.05, 4.69) is 37.5 Å². The van der Waals surface area contributed by atoms with E-state index in [4.69, 9.17) is 0 Å². The van der Waals surface area contributed by atoms with Crippen molar-refractivity contribution in [3.63, 3.8) is 0 Å². The van der Waals surface area contributed by atoms with Crippen LogP contribution in [0.25, 0.3) is 0 Å². The zero-order chi connectivity index (χ0) is 12.1. The van der Waals surface area contributed by atoms with Crippen molar-refractivity contribution < 1.29 is 0 Å². The molecular weight excluding hydrogens is 234 g/mol. The van der Waals surface area contributed by atoms with Gasteiger partial charge >= 0.3 is 0 Å². The van der Waals surface area contributed by atoms with E-state index in [9.17, 15) is 0 Å². The molecule has 0 saturated heterocycles. The number of nitrogens with zero attached hydrogens (tertiary/aromatic N) is 4. The summed E-state index contributed by atoms with van der Waals surface area (Å²) in [7, 11) is 0. The maximum atomic E-state index is 4.45. The molecule has 2 heterocycles. The molecule has 1 unspecified atom stereocenters. The van der Waals surface area contributed by atoms with E-state index in [1.54, 1.807) is 0 Å². The lowest BCUT2D eigenvalue weighted by Crippen LogP contribution is -2.25. The van der Waals surface area contributed by atoms with Crippen molar-refractivity contribution in [3.8, 4) is 0 Å². The SMILES string of the molecule is CCCn1ccnc1C(NCC)c1cnsn1. The van der Waals surface area contributed by atoms with Crippen molar-refractivity contribution >= 4 is 11.7 Å². The molecule has 1 atom stereocenters. The Hall–Kier alpha value is -1.27. The predicted molar refractivity (Wildman–Crippen MR) is 67.9 cm³/mol. The van der Waals surface area contributed by atoms with Gasteiger partial charge in [0.25, 0.3) is 0 Å². The lowest BCUT2D eigenvalue weighted by molar-refractivity contribution is 0.538. The number of aromatic nitrogens is 4. The van der Waals surface area contributed by atoms with Gasteiger partial charge in [0, 0.05) is 18.9 Å². The molecule has 0 aliphatic rings. The van der Waals surface area contributed by atoms with Gasteiger partial charge in [0.2, 0.25) is 0 Å². The van der Waals surface area contributed by atoms with Crippen molar-refractivity contribution in [3.05, 3.63) is 30.1 Å². The molecule has 0 radical (unpaired) electrons. The summed E-state index contributed by atoms with van der Waals surface area (Å²) in [6.45, 7) is 6.10. The molecular formula is C11H17N5S. The summed E-state index contributed by atoms with van der Waals surface area (Å²) in [5, 5.41) is 3.41. The van der Waals surface area contributed by atoms with E-state index < -0.39 is 0 Å². The van der Waals surface area contributed by atoms with E-state index in [-0.39, 0.29) is 6.04 Å². The van der Waals surface area contributed by atoms with Gasteiger partial charge in [-0.15, -0.1) is 0 Å². The second-order valence-electron chi connectivity index (χ2n) is 3.80. The van der Waals surface area contributed by atoms with Crippen molar-refractivity contribution in [1.29, 1.82) is 0 Å². The average molecular weight is 251 g/mol. The minimum Gasteiger partial charge on any atom is -0.333 e. The van der Waals surface area contributed by atoms with E-state index in [1.165, 1.54) is 11.7 Å². The van der Waals surface area contributed by atoms with Crippen LogP contribution < -0.4 is 5.32 Å². The summed E-state index contributed by atoms with van der Waals surface area (Å²) in [4.78, 5) is 4.45. The van der Waals surface area contributed by atoms with Crippen LogP contribution in [0.3, 0.4) is 0 Å². The number of hydrogen-bond acceptors (Lipinski definition) is 5. The van der Waals surface area contributed by atoms with Crippen LogP contribution in [0.5, 0.6) is 0 Å². The van der Waals surface area contributed by atoms with Crippen LogP contribution in [0.4, 0.5) is 0 Å². The largest absolute Gasteiger partial charge is 0.333 e. The van der Waals surface area contributed by atoms with E-state index in [1.807, 2.05) is 18.6 Å². The van der Waals surface area contributed by atoms with Gasteiger partial charge in [-0.1, -0.05) is 13.8 Å². The Kier molecular flexibility index (Phi) is 4.22. The van der Waals surface area contributed by atoms with Gasteiger partial charge in [-0.25, -0.2) is 4.98 Å². The van der Waals surface area contributed by atoms with E-state index in [0.717, 1.165) is 31.0 Å². The molecule has 0 spiro atoms.